The molecule has 1 saturated heterocycles. The minimum absolute atomic E-state index is 0.0931. The Morgan fingerprint density at radius 1 is 1.00 bits per heavy atom. The molecule has 0 unspecified atom stereocenters. The first kappa shape index (κ1) is 15.0. The first-order valence-electron chi connectivity index (χ1n) is 7.60. The second-order valence-corrected chi connectivity index (χ2v) is 5.31. The molecule has 4 N–H and O–H groups in total. The molecular formula is C15H19N7O. The van der Waals surface area contributed by atoms with Crippen LogP contribution in [0.15, 0.2) is 30.3 Å². The highest BCUT2D eigenvalue weighted by atomic mass is 16.2. The second kappa shape index (κ2) is 6.91. The molecular weight excluding hydrogens is 294 g/mol. The molecule has 2 heterocycles. The van der Waals surface area contributed by atoms with Gasteiger partial charge in [0, 0.05) is 18.8 Å². The van der Waals surface area contributed by atoms with Crippen molar-refractivity contribution < 1.29 is 4.79 Å². The van der Waals surface area contributed by atoms with Crippen molar-refractivity contribution in [2.75, 3.05) is 34.4 Å². The average Bonchev–Trinajstić information content (AvgIpc) is 2.56. The topological polar surface area (TPSA) is 109 Å². The summed E-state index contributed by atoms with van der Waals surface area (Å²) in [6, 6.07) is 8.71. The summed E-state index contributed by atoms with van der Waals surface area (Å²) < 4.78 is 0. The van der Waals surface area contributed by atoms with Crippen molar-refractivity contribution >= 4 is 29.6 Å². The largest absolute Gasteiger partial charge is 0.368 e. The highest BCUT2D eigenvalue weighted by molar-refractivity contribution is 5.98. The van der Waals surface area contributed by atoms with Crippen LogP contribution in [0.3, 0.4) is 0 Å². The van der Waals surface area contributed by atoms with Crippen molar-refractivity contribution in [1.82, 2.24) is 15.0 Å². The lowest BCUT2D eigenvalue weighted by Crippen LogP contribution is -2.32. The third kappa shape index (κ3) is 4.06. The van der Waals surface area contributed by atoms with E-state index in [1.807, 2.05) is 18.2 Å². The molecule has 1 fully saturated rings. The molecule has 0 aliphatic carbocycles. The maximum atomic E-state index is 12.0. The fraction of sp³-hybridized carbons (Fsp3) is 0.333. The minimum atomic E-state index is -0.425. The molecule has 1 aromatic carbocycles. The number of piperidine rings is 1. The van der Waals surface area contributed by atoms with Gasteiger partial charge in [-0.25, -0.2) is 4.79 Å². The number of para-hydroxylation sites is 1. The van der Waals surface area contributed by atoms with Gasteiger partial charge in [-0.15, -0.1) is 0 Å². The van der Waals surface area contributed by atoms with Gasteiger partial charge in [-0.2, -0.15) is 15.0 Å². The number of nitrogen functional groups attached to an aromatic ring is 1. The summed E-state index contributed by atoms with van der Waals surface area (Å²) in [7, 11) is 0. The van der Waals surface area contributed by atoms with Crippen LogP contribution in [0.4, 0.5) is 28.3 Å². The molecule has 0 spiro atoms. The Kier molecular flexibility index (Phi) is 4.51. The van der Waals surface area contributed by atoms with Gasteiger partial charge in [0.15, 0.2) is 0 Å². The number of benzene rings is 1. The van der Waals surface area contributed by atoms with Crippen LogP contribution < -0.4 is 21.3 Å². The van der Waals surface area contributed by atoms with Gasteiger partial charge in [0.25, 0.3) is 0 Å². The number of hydrogen-bond donors (Lipinski definition) is 3. The zero-order chi connectivity index (χ0) is 16.1. The molecule has 2 aromatic rings. The van der Waals surface area contributed by atoms with Gasteiger partial charge in [-0.1, -0.05) is 18.2 Å². The third-order valence-corrected chi connectivity index (χ3v) is 3.54. The van der Waals surface area contributed by atoms with Crippen molar-refractivity contribution in [2.24, 2.45) is 0 Å². The van der Waals surface area contributed by atoms with Crippen LogP contribution in [-0.4, -0.2) is 34.1 Å². The number of amides is 2. The van der Waals surface area contributed by atoms with Gasteiger partial charge in [0.2, 0.25) is 17.8 Å². The molecule has 0 radical (unpaired) electrons. The zero-order valence-corrected chi connectivity index (χ0v) is 12.7. The Hall–Kier alpha value is -2.90. The number of aromatic nitrogens is 3. The van der Waals surface area contributed by atoms with E-state index < -0.39 is 6.03 Å². The molecule has 1 aromatic heterocycles. The van der Waals surface area contributed by atoms with Crippen molar-refractivity contribution in [3.8, 4) is 0 Å². The summed E-state index contributed by atoms with van der Waals surface area (Å²) in [5.74, 6) is 0.745. The average molecular weight is 313 g/mol. The number of urea groups is 1. The summed E-state index contributed by atoms with van der Waals surface area (Å²) in [5, 5.41) is 5.30. The smallest absolute Gasteiger partial charge is 0.326 e. The van der Waals surface area contributed by atoms with E-state index in [9.17, 15) is 4.79 Å². The summed E-state index contributed by atoms with van der Waals surface area (Å²) in [4.78, 5) is 26.5. The SMILES string of the molecule is Nc1nc(NC(=O)Nc2ccccc2)nc(N2CCCCC2)n1. The summed E-state index contributed by atoms with van der Waals surface area (Å²) >= 11 is 0. The van der Waals surface area contributed by atoms with E-state index in [0.29, 0.717) is 11.6 Å². The molecule has 0 atom stereocenters. The molecule has 1 aliphatic heterocycles. The Labute approximate surface area is 134 Å². The van der Waals surface area contributed by atoms with Gasteiger partial charge in [0.05, 0.1) is 0 Å². The lowest BCUT2D eigenvalue weighted by molar-refractivity contribution is 0.262. The van der Waals surface area contributed by atoms with Gasteiger partial charge in [0.1, 0.15) is 0 Å². The predicted octanol–water partition coefficient (Wildman–Crippen LogP) is 2.09. The van der Waals surface area contributed by atoms with E-state index in [1.165, 1.54) is 6.42 Å². The Balaban J connectivity index is 1.69. The van der Waals surface area contributed by atoms with E-state index in [2.05, 4.69) is 30.5 Å². The van der Waals surface area contributed by atoms with Crippen LogP contribution in [0.25, 0.3) is 0 Å². The van der Waals surface area contributed by atoms with Crippen molar-refractivity contribution in [3.63, 3.8) is 0 Å². The van der Waals surface area contributed by atoms with Crippen LogP contribution in [-0.2, 0) is 0 Å². The number of hydrogen-bond acceptors (Lipinski definition) is 6. The van der Waals surface area contributed by atoms with Gasteiger partial charge in [-0.3, -0.25) is 5.32 Å². The number of anilines is 4. The molecule has 0 bridgehead atoms. The zero-order valence-electron chi connectivity index (χ0n) is 12.7. The van der Waals surface area contributed by atoms with E-state index in [1.54, 1.807) is 12.1 Å². The van der Waals surface area contributed by atoms with Crippen LogP contribution in [0.5, 0.6) is 0 Å². The summed E-state index contributed by atoms with van der Waals surface area (Å²) in [5.41, 5.74) is 6.42. The summed E-state index contributed by atoms with van der Waals surface area (Å²) in [6.45, 7) is 1.78. The van der Waals surface area contributed by atoms with Crippen LogP contribution in [0.2, 0.25) is 0 Å². The second-order valence-electron chi connectivity index (χ2n) is 5.31. The number of rotatable bonds is 3. The van der Waals surface area contributed by atoms with Crippen LogP contribution >= 0.6 is 0 Å². The van der Waals surface area contributed by atoms with Gasteiger partial charge in [-0.05, 0) is 31.4 Å². The molecule has 2 amide bonds. The first-order valence-corrected chi connectivity index (χ1v) is 7.60. The van der Waals surface area contributed by atoms with E-state index in [0.717, 1.165) is 25.9 Å². The summed E-state index contributed by atoms with van der Waals surface area (Å²) in [6.07, 6.45) is 3.41. The molecule has 3 rings (SSSR count). The number of nitrogens with zero attached hydrogens (tertiary/aromatic N) is 4. The fourth-order valence-electron chi connectivity index (χ4n) is 2.46. The molecule has 23 heavy (non-hydrogen) atoms. The highest BCUT2D eigenvalue weighted by Gasteiger charge is 2.16. The van der Waals surface area contributed by atoms with E-state index in [4.69, 9.17) is 5.73 Å². The number of carbonyl (C=O) groups is 1. The quantitative estimate of drug-likeness (QED) is 0.800. The Bertz CT molecular complexity index is 671. The standard InChI is InChI=1S/C15H19N7O/c16-12-18-13(20-14(19-12)22-9-5-2-6-10-22)21-15(23)17-11-7-3-1-4-8-11/h1,3-4,7-8H,2,5-6,9-10H2,(H4,16,17,18,19,20,21,23). The van der Waals surface area contributed by atoms with Gasteiger partial charge < -0.3 is 16.0 Å². The Morgan fingerprint density at radius 3 is 2.48 bits per heavy atom. The maximum absolute atomic E-state index is 12.0. The molecule has 1 aliphatic rings. The molecule has 8 nitrogen and oxygen atoms in total. The van der Waals surface area contributed by atoms with Crippen LogP contribution in [0.1, 0.15) is 19.3 Å². The normalized spacial score (nSPS) is 14.3. The Morgan fingerprint density at radius 2 is 1.74 bits per heavy atom. The van der Waals surface area contributed by atoms with E-state index in [-0.39, 0.29) is 11.9 Å². The lowest BCUT2D eigenvalue weighted by Gasteiger charge is -2.26. The third-order valence-electron chi connectivity index (χ3n) is 3.54. The van der Waals surface area contributed by atoms with Crippen molar-refractivity contribution in [2.45, 2.75) is 19.3 Å². The highest BCUT2D eigenvalue weighted by Crippen LogP contribution is 2.17. The van der Waals surface area contributed by atoms with Crippen molar-refractivity contribution in [3.05, 3.63) is 30.3 Å². The van der Waals surface area contributed by atoms with Crippen LogP contribution in [0, 0.1) is 0 Å². The molecule has 0 saturated carbocycles. The maximum Gasteiger partial charge on any atom is 0.326 e. The predicted molar refractivity (Wildman–Crippen MR) is 89.4 cm³/mol. The number of nitrogens with one attached hydrogen (secondary N) is 2. The molecule has 8 heteroatoms. The van der Waals surface area contributed by atoms with E-state index >= 15 is 0 Å². The van der Waals surface area contributed by atoms with Gasteiger partial charge >= 0.3 is 6.03 Å². The fourth-order valence-corrected chi connectivity index (χ4v) is 2.46. The minimum Gasteiger partial charge on any atom is -0.368 e. The first-order chi connectivity index (χ1) is 11.2. The monoisotopic (exact) mass is 313 g/mol. The number of carbonyl (C=O) groups excluding carboxylic acids is 1. The molecule has 120 valence electrons. The lowest BCUT2D eigenvalue weighted by atomic mass is 10.1. The van der Waals surface area contributed by atoms with Crippen molar-refractivity contribution in [1.29, 1.82) is 0 Å². The number of nitrogens with two attached hydrogens (primary N) is 1.